The van der Waals surface area contributed by atoms with Crippen molar-refractivity contribution in [3.05, 3.63) is 69.8 Å². The van der Waals surface area contributed by atoms with Gasteiger partial charge in [-0.05, 0) is 31.0 Å². The van der Waals surface area contributed by atoms with Gasteiger partial charge in [0.25, 0.3) is 11.6 Å². The van der Waals surface area contributed by atoms with Gasteiger partial charge in [0.2, 0.25) is 0 Å². The van der Waals surface area contributed by atoms with Crippen LogP contribution in [0.3, 0.4) is 0 Å². The number of nitrogens with one attached hydrogen (secondary N) is 1. The molecule has 0 atom stereocenters. The summed E-state index contributed by atoms with van der Waals surface area (Å²) in [5, 5.41) is 14.5. The highest BCUT2D eigenvalue weighted by Gasteiger charge is 2.24. The number of hydrogen-bond acceptors (Lipinski definition) is 4. The topological polar surface area (TPSA) is 75.5 Å². The maximum Gasteiger partial charge on any atom is 0.282 e. The van der Waals surface area contributed by atoms with E-state index in [1.807, 2.05) is 44.2 Å². The molecule has 25 heavy (non-hydrogen) atoms. The number of amides is 1. The van der Waals surface area contributed by atoms with Crippen molar-refractivity contribution < 1.29 is 9.72 Å². The van der Waals surface area contributed by atoms with Crippen LogP contribution in [0, 0.1) is 10.1 Å². The van der Waals surface area contributed by atoms with Crippen LogP contribution in [0.2, 0.25) is 0 Å². The maximum absolute atomic E-state index is 12.9. The summed E-state index contributed by atoms with van der Waals surface area (Å²) in [5.74, 6) is -0.335. The first-order chi connectivity index (χ1) is 12.1. The summed E-state index contributed by atoms with van der Waals surface area (Å²) in [4.78, 5) is 25.4. The van der Waals surface area contributed by atoms with Gasteiger partial charge in [0.1, 0.15) is 5.56 Å². The summed E-state index contributed by atoms with van der Waals surface area (Å²) >= 11 is 0. The lowest BCUT2D eigenvalue weighted by Gasteiger charge is -2.21. The van der Waals surface area contributed by atoms with E-state index >= 15 is 0 Å². The molecule has 0 saturated carbocycles. The van der Waals surface area contributed by atoms with Gasteiger partial charge in [-0.3, -0.25) is 14.9 Å². The summed E-state index contributed by atoms with van der Waals surface area (Å²) in [6, 6.07) is 14.2. The average molecular weight is 341 g/mol. The highest BCUT2D eigenvalue weighted by molar-refractivity contribution is 5.99. The Balaban J connectivity index is 2.32. The molecule has 1 amide bonds. The minimum Gasteiger partial charge on any atom is -0.385 e. The summed E-state index contributed by atoms with van der Waals surface area (Å²) in [6.45, 7) is 5.53. The molecule has 0 aliphatic rings. The maximum atomic E-state index is 12.9. The van der Waals surface area contributed by atoms with Crippen molar-refractivity contribution in [2.24, 2.45) is 0 Å². The third-order valence-electron chi connectivity index (χ3n) is 3.89. The predicted molar refractivity (Wildman–Crippen MR) is 98.7 cm³/mol. The summed E-state index contributed by atoms with van der Waals surface area (Å²) in [7, 11) is 0. The second kappa shape index (κ2) is 8.82. The molecule has 6 heteroatoms. The third kappa shape index (κ3) is 4.79. The van der Waals surface area contributed by atoms with Gasteiger partial charge in [-0.15, -0.1) is 0 Å². The minimum atomic E-state index is -0.507. The van der Waals surface area contributed by atoms with Crippen molar-refractivity contribution in [2.45, 2.75) is 26.8 Å². The van der Waals surface area contributed by atoms with Crippen LogP contribution in [0.15, 0.2) is 48.5 Å². The largest absolute Gasteiger partial charge is 0.385 e. The molecule has 0 radical (unpaired) electrons. The quantitative estimate of drug-likeness (QED) is 0.580. The van der Waals surface area contributed by atoms with E-state index in [0.717, 1.165) is 18.5 Å². The van der Waals surface area contributed by atoms with Crippen molar-refractivity contribution >= 4 is 17.3 Å². The van der Waals surface area contributed by atoms with Crippen LogP contribution in [0.5, 0.6) is 0 Å². The van der Waals surface area contributed by atoms with Gasteiger partial charge in [0.15, 0.2) is 0 Å². The fourth-order valence-corrected chi connectivity index (χ4v) is 2.55. The standard InChI is InChI=1S/C19H23N3O3/c1-3-12-20-16-10-11-18(22(24)25)17(13-16)19(23)21(4-2)14-15-8-6-5-7-9-15/h5-11,13,20H,3-4,12,14H2,1-2H3. The SMILES string of the molecule is CCCNc1ccc([N+](=O)[O-])c(C(=O)N(CC)Cc2ccccc2)c1. The van der Waals surface area contributed by atoms with E-state index in [1.54, 1.807) is 17.0 Å². The second-order valence-electron chi connectivity index (χ2n) is 5.72. The number of nitro groups is 1. The van der Waals surface area contributed by atoms with E-state index in [1.165, 1.54) is 6.07 Å². The molecule has 0 unspecified atom stereocenters. The first-order valence-corrected chi connectivity index (χ1v) is 8.42. The van der Waals surface area contributed by atoms with E-state index in [0.29, 0.717) is 18.8 Å². The van der Waals surface area contributed by atoms with Crippen LogP contribution >= 0.6 is 0 Å². The Morgan fingerprint density at radius 2 is 1.88 bits per heavy atom. The minimum absolute atomic E-state index is 0.115. The molecular weight excluding hydrogens is 318 g/mol. The molecule has 0 fully saturated rings. The molecule has 0 saturated heterocycles. The van der Waals surface area contributed by atoms with Crippen LogP contribution in [0.1, 0.15) is 36.2 Å². The van der Waals surface area contributed by atoms with Gasteiger partial charge in [-0.25, -0.2) is 0 Å². The molecule has 2 aromatic rings. The van der Waals surface area contributed by atoms with Crippen molar-refractivity contribution in [1.29, 1.82) is 0 Å². The number of nitrogens with zero attached hydrogens (tertiary/aromatic N) is 2. The second-order valence-corrected chi connectivity index (χ2v) is 5.72. The lowest BCUT2D eigenvalue weighted by molar-refractivity contribution is -0.385. The van der Waals surface area contributed by atoms with Gasteiger partial charge in [-0.1, -0.05) is 37.3 Å². The monoisotopic (exact) mass is 341 g/mol. The molecule has 1 N–H and O–H groups in total. The van der Waals surface area contributed by atoms with Gasteiger partial charge in [-0.2, -0.15) is 0 Å². The first-order valence-electron chi connectivity index (χ1n) is 8.42. The predicted octanol–water partition coefficient (Wildman–Crippen LogP) is 4.08. The summed E-state index contributed by atoms with van der Waals surface area (Å²) in [5.41, 5.74) is 1.65. The summed E-state index contributed by atoms with van der Waals surface area (Å²) in [6.07, 6.45) is 0.926. The normalized spacial score (nSPS) is 10.3. The van der Waals surface area contributed by atoms with E-state index in [9.17, 15) is 14.9 Å². The Kier molecular flexibility index (Phi) is 6.51. The Morgan fingerprint density at radius 3 is 2.48 bits per heavy atom. The van der Waals surface area contributed by atoms with Crippen molar-refractivity contribution in [2.75, 3.05) is 18.4 Å². The van der Waals surface area contributed by atoms with E-state index in [-0.39, 0.29) is 17.2 Å². The number of anilines is 1. The van der Waals surface area contributed by atoms with Crippen LogP contribution < -0.4 is 5.32 Å². The lowest BCUT2D eigenvalue weighted by atomic mass is 10.1. The van der Waals surface area contributed by atoms with E-state index in [2.05, 4.69) is 5.32 Å². The number of carbonyl (C=O) groups excluding carboxylic acids is 1. The molecule has 2 rings (SSSR count). The van der Waals surface area contributed by atoms with Gasteiger partial charge in [0, 0.05) is 31.4 Å². The molecule has 0 heterocycles. The van der Waals surface area contributed by atoms with Gasteiger partial charge < -0.3 is 10.2 Å². The number of nitro benzene ring substituents is 1. The Labute approximate surface area is 147 Å². The molecular formula is C19H23N3O3. The highest BCUT2D eigenvalue weighted by atomic mass is 16.6. The van der Waals surface area contributed by atoms with Crippen LogP contribution in [0.25, 0.3) is 0 Å². The highest BCUT2D eigenvalue weighted by Crippen LogP contribution is 2.25. The molecule has 0 aliphatic heterocycles. The lowest BCUT2D eigenvalue weighted by Crippen LogP contribution is -2.30. The molecule has 0 aliphatic carbocycles. The zero-order valence-corrected chi connectivity index (χ0v) is 14.6. The Morgan fingerprint density at radius 1 is 1.16 bits per heavy atom. The Hall–Kier alpha value is -2.89. The number of hydrogen-bond donors (Lipinski definition) is 1. The van der Waals surface area contributed by atoms with E-state index < -0.39 is 4.92 Å². The van der Waals surface area contributed by atoms with Gasteiger partial charge >= 0.3 is 0 Å². The number of carbonyl (C=O) groups is 1. The molecule has 2 aromatic carbocycles. The average Bonchev–Trinajstić information content (AvgIpc) is 2.64. The van der Waals surface area contributed by atoms with Crippen LogP contribution in [-0.2, 0) is 6.54 Å². The Bertz CT molecular complexity index is 732. The number of benzene rings is 2. The zero-order chi connectivity index (χ0) is 18.2. The van der Waals surface area contributed by atoms with Crippen LogP contribution in [-0.4, -0.2) is 28.8 Å². The van der Waals surface area contributed by atoms with Crippen molar-refractivity contribution in [3.8, 4) is 0 Å². The third-order valence-corrected chi connectivity index (χ3v) is 3.89. The molecule has 0 spiro atoms. The molecule has 132 valence electrons. The first kappa shape index (κ1) is 18.4. The van der Waals surface area contributed by atoms with Gasteiger partial charge in [0.05, 0.1) is 4.92 Å². The fourth-order valence-electron chi connectivity index (χ4n) is 2.55. The van der Waals surface area contributed by atoms with Crippen molar-refractivity contribution in [1.82, 2.24) is 4.90 Å². The zero-order valence-electron chi connectivity index (χ0n) is 14.6. The van der Waals surface area contributed by atoms with Crippen molar-refractivity contribution in [3.63, 3.8) is 0 Å². The van der Waals surface area contributed by atoms with Crippen LogP contribution in [0.4, 0.5) is 11.4 Å². The van der Waals surface area contributed by atoms with E-state index in [4.69, 9.17) is 0 Å². The molecule has 6 nitrogen and oxygen atoms in total. The smallest absolute Gasteiger partial charge is 0.282 e. The fraction of sp³-hybridized carbons (Fsp3) is 0.316. The summed E-state index contributed by atoms with van der Waals surface area (Å²) < 4.78 is 0. The molecule has 0 bridgehead atoms. The number of rotatable bonds is 8. The molecule has 0 aromatic heterocycles.